The van der Waals surface area contributed by atoms with Crippen LogP contribution in [0.2, 0.25) is 0 Å². The van der Waals surface area contributed by atoms with E-state index in [1.54, 1.807) is 16.4 Å². The van der Waals surface area contributed by atoms with Crippen LogP contribution in [0.4, 0.5) is 10.5 Å². The van der Waals surface area contributed by atoms with E-state index in [9.17, 15) is 18.0 Å². The molecule has 0 saturated carbocycles. The van der Waals surface area contributed by atoms with Gasteiger partial charge in [0.15, 0.2) is 0 Å². The Hall–Kier alpha value is -2.13. The molecule has 0 unspecified atom stereocenters. The fraction of sp³-hybridized carbons (Fsp3) is 0.600. The molecule has 0 aliphatic carbocycles. The molecular formula is C20H32N4O4S. The fourth-order valence-corrected chi connectivity index (χ4v) is 5.69. The molecule has 1 aromatic rings. The first-order chi connectivity index (χ1) is 13.5. The molecular weight excluding hydrogens is 392 g/mol. The highest BCUT2D eigenvalue weighted by Crippen LogP contribution is 2.30. The summed E-state index contributed by atoms with van der Waals surface area (Å²) in [5.41, 5.74) is 5.61. The van der Waals surface area contributed by atoms with E-state index >= 15 is 0 Å². The number of anilines is 1. The van der Waals surface area contributed by atoms with Gasteiger partial charge in [-0.15, -0.1) is 0 Å². The van der Waals surface area contributed by atoms with Crippen molar-refractivity contribution >= 4 is 27.6 Å². The number of nitrogens with one attached hydrogen (secondary N) is 2. The highest BCUT2D eigenvalue weighted by Gasteiger charge is 2.35. The minimum Gasteiger partial charge on any atom is -0.352 e. The van der Waals surface area contributed by atoms with Crippen LogP contribution in [0, 0.1) is 5.92 Å². The molecule has 1 saturated heterocycles. The first-order valence-corrected chi connectivity index (χ1v) is 11.5. The van der Waals surface area contributed by atoms with E-state index in [2.05, 4.69) is 10.6 Å². The highest BCUT2D eigenvalue weighted by atomic mass is 32.2. The summed E-state index contributed by atoms with van der Waals surface area (Å²) in [5.74, 6) is -0.218. The maximum atomic E-state index is 13.1. The van der Waals surface area contributed by atoms with Crippen molar-refractivity contribution in [1.82, 2.24) is 9.62 Å². The molecule has 8 nitrogen and oxygen atoms in total. The lowest BCUT2D eigenvalue weighted by molar-refractivity contribution is -0.118. The number of carbonyl (C=O) groups excluding carboxylic acids is 2. The van der Waals surface area contributed by atoms with Gasteiger partial charge in [-0.05, 0) is 63.3 Å². The normalized spacial score (nSPS) is 21.6. The van der Waals surface area contributed by atoms with Crippen molar-refractivity contribution in [1.29, 1.82) is 0 Å². The van der Waals surface area contributed by atoms with Gasteiger partial charge in [-0.2, -0.15) is 4.31 Å². The minimum atomic E-state index is -3.61. The van der Waals surface area contributed by atoms with Crippen molar-refractivity contribution in [3.63, 3.8) is 0 Å². The standard InChI is InChI=1S/C20H32N4O4S/c1-13(2)12-18(23-20(21)26)19(25)22-16-8-10-17(11-9-16)29(27,28)24-14(3)6-5-7-15(24)4/h8-11,13-15,18H,5-7,12H2,1-4H3,(H,22,25)(H3,21,23,26)/t14-,15-,18+/m1/s1. The molecule has 1 aliphatic heterocycles. The summed E-state index contributed by atoms with van der Waals surface area (Å²) in [7, 11) is -3.61. The summed E-state index contributed by atoms with van der Waals surface area (Å²) in [4.78, 5) is 23.9. The second-order valence-corrected chi connectivity index (χ2v) is 10.0. The van der Waals surface area contributed by atoms with Crippen LogP contribution in [-0.2, 0) is 14.8 Å². The largest absolute Gasteiger partial charge is 0.352 e. The SMILES string of the molecule is CC(C)C[C@H](NC(N)=O)C(=O)Nc1ccc(S(=O)(=O)N2[C@H](C)CCC[C@H]2C)cc1. The molecule has 1 aromatic carbocycles. The maximum absolute atomic E-state index is 13.1. The molecule has 4 N–H and O–H groups in total. The van der Waals surface area contributed by atoms with Gasteiger partial charge >= 0.3 is 6.03 Å². The summed E-state index contributed by atoms with van der Waals surface area (Å²) in [6.45, 7) is 7.74. The van der Waals surface area contributed by atoms with Crippen molar-refractivity contribution < 1.29 is 18.0 Å². The average molecular weight is 425 g/mol. The first-order valence-electron chi connectivity index (χ1n) is 10.0. The van der Waals surface area contributed by atoms with Crippen LogP contribution >= 0.6 is 0 Å². The molecule has 3 amide bonds. The molecule has 162 valence electrons. The van der Waals surface area contributed by atoms with Crippen LogP contribution in [0.15, 0.2) is 29.2 Å². The van der Waals surface area contributed by atoms with Crippen molar-refractivity contribution in [2.75, 3.05) is 5.32 Å². The smallest absolute Gasteiger partial charge is 0.312 e. The Bertz CT molecular complexity index is 813. The quantitative estimate of drug-likeness (QED) is 0.623. The predicted octanol–water partition coefficient (Wildman–Crippen LogP) is 2.66. The van der Waals surface area contributed by atoms with Crippen LogP contribution in [0.5, 0.6) is 0 Å². The molecule has 0 bridgehead atoms. The van der Waals surface area contributed by atoms with E-state index in [0.29, 0.717) is 12.1 Å². The number of benzene rings is 1. The number of primary amides is 1. The number of hydrogen-bond donors (Lipinski definition) is 3. The molecule has 0 spiro atoms. The molecule has 3 atom stereocenters. The van der Waals surface area contributed by atoms with Gasteiger partial charge in [0.2, 0.25) is 15.9 Å². The minimum absolute atomic E-state index is 0.0419. The van der Waals surface area contributed by atoms with Gasteiger partial charge in [0.1, 0.15) is 6.04 Å². The Balaban J connectivity index is 2.14. The lowest BCUT2D eigenvalue weighted by Gasteiger charge is -2.37. The third-order valence-electron chi connectivity index (χ3n) is 5.15. The van der Waals surface area contributed by atoms with Gasteiger partial charge < -0.3 is 16.4 Å². The van der Waals surface area contributed by atoms with E-state index in [0.717, 1.165) is 19.3 Å². The monoisotopic (exact) mass is 424 g/mol. The molecule has 1 heterocycles. The summed E-state index contributed by atoms with van der Waals surface area (Å²) in [6.07, 6.45) is 3.16. The second kappa shape index (κ2) is 9.58. The number of amides is 3. The Labute approximate surface area is 173 Å². The number of rotatable bonds is 7. The second-order valence-electron chi connectivity index (χ2n) is 8.17. The Kier molecular flexibility index (Phi) is 7.65. The molecule has 29 heavy (non-hydrogen) atoms. The molecule has 0 aromatic heterocycles. The van der Waals surface area contributed by atoms with Crippen molar-refractivity contribution in [3.8, 4) is 0 Å². The number of piperidine rings is 1. The van der Waals surface area contributed by atoms with Crippen molar-refractivity contribution in [2.45, 2.75) is 76.4 Å². The summed E-state index contributed by atoms with van der Waals surface area (Å²) in [6, 6.07) is 4.50. The lowest BCUT2D eigenvalue weighted by Crippen LogP contribution is -2.47. The van der Waals surface area contributed by atoms with Gasteiger partial charge in [0.05, 0.1) is 4.90 Å². The van der Waals surface area contributed by atoms with Crippen LogP contribution < -0.4 is 16.4 Å². The van der Waals surface area contributed by atoms with E-state index < -0.39 is 28.0 Å². The summed E-state index contributed by atoms with van der Waals surface area (Å²) >= 11 is 0. The van der Waals surface area contributed by atoms with Gasteiger partial charge in [0.25, 0.3) is 0 Å². The number of nitrogens with zero attached hydrogens (tertiary/aromatic N) is 1. The van der Waals surface area contributed by atoms with Gasteiger partial charge in [0, 0.05) is 17.8 Å². The van der Waals surface area contributed by atoms with Gasteiger partial charge in [-0.25, -0.2) is 13.2 Å². The zero-order valence-corrected chi connectivity index (χ0v) is 18.3. The highest BCUT2D eigenvalue weighted by molar-refractivity contribution is 7.89. The van der Waals surface area contributed by atoms with E-state index in [4.69, 9.17) is 5.73 Å². The van der Waals surface area contributed by atoms with E-state index in [1.807, 2.05) is 27.7 Å². The summed E-state index contributed by atoms with van der Waals surface area (Å²) in [5, 5.41) is 5.15. The van der Waals surface area contributed by atoms with Crippen LogP contribution in [-0.4, -0.2) is 42.8 Å². The number of carbonyl (C=O) groups is 2. The molecule has 1 fully saturated rings. The molecule has 0 radical (unpaired) electrons. The van der Waals surface area contributed by atoms with E-state index in [-0.39, 0.29) is 22.9 Å². The van der Waals surface area contributed by atoms with Gasteiger partial charge in [-0.1, -0.05) is 20.3 Å². The number of hydrogen-bond acceptors (Lipinski definition) is 4. The fourth-order valence-electron chi connectivity index (χ4n) is 3.81. The third-order valence-corrected chi connectivity index (χ3v) is 7.29. The Morgan fingerprint density at radius 1 is 1.14 bits per heavy atom. The van der Waals surface area contributed by atoms with Crippen LogP contribution in [0.25, 0.3) is 0 Å². The van der Waals surface area contributed by atoms with Crippen molar-refractivity contribution in [2.24, 2.45) is 11.7 Å². The van der Waals surface area contributed by atoms with Crippen molar-refractivity contribution in [3.05, 3.63) is 24.3 Å². The Morgan fingerprint density at radius 2 is 1.69 bits per heavy atom. The molecule has 1 aliphatic rings. The van der Waals surface area contributed by atoms with Crippen LogP contribution in [0.3, 0.4) is 0 Å². The molecule has 2 rings (SSSR count). The van der Waals surface area contributed by atoms with Gasteiger partial charge in [-0.3, -0.25) is 4.79 Å². The predicted molar refractivity (Wildman–Crippen MR) is 113 cm³/mol. The third kappa shape index (κ3) is 5.93. The zero-order valence-electron chi connectivity index (χ0n) is 17.5. The lowest BCUT2D eigenvalue weighted by atomic mass is 10.0. The number of sulfonamides is 1. The molecule has 9 heteroatoms. The van der Waals surface area contributed by atoms with Crippen LogP contribution in [0.1, 0.15) is 53.4 Å². The van der Waals surface area contributed by atoms with E-state index in [1.165, 1.54) is 12.1 Å². The maximum Gasteiger partial charge on any atom is 0.312 e. The number of urea groups is 1. The Morgan fingerprint density at radius 3 is 2.17 bits per heavy atom. The average Bonchev–Trinajstić information content (AvgIpc) is 2.60. The zero-order chi connectivity index (χ0) is 21.8. The topological polar surface area (TPSA) is 122 Å². The number of nitrogens with two attached hydrogens (primary N) is 1. The summed E-state index contributed by atoms with van der Waals surface area (Å²) < 4.78 is 27.7. The first kappa shape index (κ1) is 23.2.